The number of amides is 1. The fourth-order valence-electron chi connectivity index (χ4n) is 5.36. The second-order valence-corrected chi connectivity index (χ2v) is 8.87. The molecule has 3 unspecified atom stereocenters. The summed E-state index contributed by atoms with van der Waals surface area (Å²) in [4.78, 5) is 25.4. The maximum absolute atomic E-state index is 12.7. The quantitative estimate of drug-likeness (QED) is 0.832. The molecule has 6 nitrogen and oxygen atoms in total. The molecule has 4 aliphatic rings. The van der Waals surface area contributed by atoms with Crippen LogP contribution in [0.5, 0.6) is 0 Å². The first-order chi connectivity index (χ1) is 10.5. The second kappa shape index (κ2) is 5.10. The molecular weight excluding hydrogens is 298 g/mol. The fraction of sp³-hybridized carbons (Fsp3) is 0.882. The molecule has 4 aliphatic carbocycles. The highest BCUT2D eigenvalue weighted by atomic mass is 16.6. The summed E-state index contributed by atoms with van der Waals surface area (Å²) >= 11 is 0. The number of carbonyl (C=O) groups excluding carboxylic acids is 1. The Morgan fingerprint density at radius 1 is 1.17 bits per heavy atom. The molecule has 0 radical (unpaired) electrons. The van der Waals surface area contributed by atoms with Crippen LogP contribution in [0.25, 0.3) is 0 Å². The normalized spacial score (nSPS) is 38.4. The summed E-state index contributed by atoms with van der Waals surface area (Å²) in [5.41, 5.74) is -1.99. The molecule has 0 heterocycles. The predicted molar refractivity (Wildman–Crippen MR) is 82.9 cm³/mol. The average Bonchev–Trinajstić information content (AvgIpc) is 2.30. The molecule has 4 rings (SSSR count). The van der Waals surface area contributed by atoms with Gasteiger partial charge < -0.3 is 14.9 Å². The second-order valence-electron chi connectivity index (χ2n) is 8.87. The SMILES string of the molecule is CC(C)(C)OC(=O)N(CC(=O)O)C12CC3C[C@@H](CC(O)(C3)C1)C2. The first kappa shape index (κ1) is 16.6. The van der Waals surface area contributed by atoms with Crippen LogP contribution in [0.3, 0.4) is 0 Å². The minimum Gasteiger partial charge on any atom is -0.480 e. The maximum Gasteiger partial charge on any atom is 0.411 e. The molecule has 0 spiro atoms. The van der Waals surface area contributed by atoms with E-state index in [4.69, 9.17) is 4.74 Å². The van der Waals surface area contributed by atoms with E-state index < -0.39 is 28.8 Å². The van der Waals surface area contributed by atoms with Crippen LogP contribution in [0.2, 0.25) is 0 Å². The number of hydrogen-bond acceptors (Lipinski definition) is 4. The van der Waals surface area contributed by atoms with Crippen molar-refractivity contribution in [1.82, 2.24) is 4.90 Å². The molecule has 1 amide bonds. The van der Waals surface area contributed by atoms with E-state index >= 15 is 0 Å². The Kier molecular flexibility index (Phi) is 3.67. The molecule has 23 heavy (non-hydrogen) atoms. The van der Waals surface area contributed by atoms with Crippen LogP contribution in [0, 0.1) is 11.8 Å². The Labute approximate surface area is 136 Å². The van der Waals surface area contributed by atoms with Crippen molar-refractivity contribution in [3.05, 3.63) is 0 Å². The van der Waals surface area contributed by atoms with Gasteiger partial charge in [-0.25, -0.2) is 4.79 Å². The number of carboxylic acids is 1. The minimum absolute atomic E-state index is 0.371. The minimum atomic E-state index is -1.04. The van der Waals surface area contributed by atoms with Crippen LogP contribution in [-0.2, 0) is 9.53 Å². The van der Waals surface area contributed by atoms with Gasteiger partial charge in [0.05, 0.1) is 11.1 Å². The summed E-state index contributed by atoms with van der Waals surface area (Å²) in [7, 11) is 0. The van der Waals surface area contributed by atoms with Crippen LogP contribution in [-0.4, -0.2) is 50.5 Å². The largest absolute Gasteiger partial charge is 0.480 e. The molecule has 0 aromatic heterocycles. The Balaban J connectivity index is 1.90. The summed E-state index contributed by atoms with van der Waals surface area (Å²) in [6.45, 7) is 4.95. The highest BCUT2D eigenvalue weighted by Crippen LogP contribution is 2.59. The number of nitrogens with zero attached hydrogens (tertiary/aromatic N) is 1. The monoisotopic (exact) mass is 325 g/mol. The number of ether oxygens (including phenoxy) is 1. The lowest BCUT2D eigenvalue weighted by molar-refractivity contribution is -0.176. The van der Waals surface area contributed by atoms with Crippen molar-refractivity contribution < 1.29 is 24.5 Å². The summed E-state index contributed by atoms with van der Waals surface area (Å²) in [6, 6.07) is 0. The van der Waals surface area contributed by atoms with Gasteiger partial charge >= 0.3 is 12.1 Å². The van der Waals surface area contributed by atoms with Crippen LogP contribution in [0.1, 0.15) is 59.3 Å². The Hall–Kier alpha value is -1.30. The molecule has 0 aromatic rings. The average molecular weight is 325 g/mol. The lowest BCUT2D eigenvalue weighted by Gasteiger charge is -2.62. The molecule has 130 valence electrons. The van der Waals surface area contributed by atoms with E-state index in [0.29, 0.717) is 18.3 Å². The number of hydrogen-bond donors (Lipinski definition) is 2. The van der Waals surface area contributed by atoms with Crippen molar-refractivity contribution in [2.24, 2.45) is 11.8 Å². The van der Waals surface area contributed by atoms with Gasteiger partial charge in [0.1, 0.15) is 12.1 Å². The van der Waals surface area contributed by atoms with Crippen LogP contribution in [0.15, 0.2) is 0 Å². The molecule has 4 fully saturated rings. The van der Waals surface area contributed by atoms with E-state index in [1.165, 1.54) is 4.90 Å². The van der Waals surface area contributed by atoms with Crippen molar-refractivity contribution in [2.45, 2.75) is 76.0 Å². The van der Waals surface area contributed by atoms with E-state index in [-0.39, 0.29) is 6.54 Å². The summed E-state index contributed by atoms with van der Waals surface area (Å²) < 4.78 is 5.47. The number of aliphatic carboxylic acids is 1. The van der Waals surface area contributed by atoms with Crippen molar-refractivity contribution in [3.63, 3.8) is 0 Å². The molecule has 0 aromatic carbocycles. The molecular formula is C17H27NO5. The third-order valence-electron chi connectivity index (χ3n) is 5.48. The maximum atomic E-state index is 12.7. The van der Waals surface area contributed by atoms with Gasteiger partial charge in [-0.1, -0.05) is 0 Å². The van der Waals surface area contributed by atoms with E-state index in [9.17, 15) is 19.8 Å². The smallest absolute Gasteiger partial charge is 0.411 e. The topological polar surface area (TPSA) is 87.1 Å². The lowest BCUT2D eigenvalue weighted by Crippen LogP contribution is -2.67. The van der Waals surface area contributed by atoms with Gasteiger partial charge in [-0.2, -0.15) is 0 Å². The van der Waals surface area contributed by atoms with E-state index in [1.807, 2.05) is 0 Å². The molecule has 0 aliphatic heterocycles. The van der Waals surface area contributed by atoms with Gasteiger partial charge in [0.15, 0.2) is 0 Å². The zero-order chi connectivity index (χ0) is 17.0. The highest BCUT2D eigenvalue weighted by Gasteiger charge is 2.60. The van der Waals surface area contributed by atoms with Gasteiger partial charge in [0.25, 0.3) is 0 Å². The number of rotatable bonds is 3. The van der Waals surface area contributed by atoms with Crippen molar-refractivity contribution in [3.8, 4) is 0 Å². The molecule has 2 N–H and O–H groups in total. The number of carboxylic acid groups (broad SMARTS) is 1. The van der Waals surface area contributed by atoms with Gasteiger partial charge in [-0.3, -0.25) is 9.69 Å². The Bertz CT molecular complexity index is 510. The molecule has 4 bridgehead atoms. The zero-order valence-corrected chi connectivity index (χ0v) is 14.2. The van der Waals surface area contributed by atoms with Crippen LogP contribution in [0.4, 0.5) is 4.79 Å². The zero-order valence-electron chi connectivity index (χ0n) is 14.2. The number of aliphatic hydroxyl groups is 1. The standard InChI is InChI=1S/C17H27NO5/c1-15(2,3)23-14(21)18(9-13(19)20)16-5-11-4-12(6-16)8-17(22,7-11)10-16/h11-12,22H,4-10H2,1-3H3,(H,19,20)/t11-,12?,16?,17?/m1/s1. The van der Waals surface area contributed by atoms with Crippen LogP contribution < -0.4 is 0 Å². The van der Waals surface area contributed by atoms with Crippen molar-refractivity contribution >= 4 is 12.1 Å². The van der Waals surface area contributed by atoms with Crippen molar-refractivity contribution in [2.75, 3.05) is 6.54 Å². The Morgan fingerprint density at radius 3 is 2.17 bits per heavy atom. The van der Waals surface area contributed by atoms with E-state index in [2.05, 4.69) is 0 Å². The molecule has 4 atom stereocenters. The number of carbonyl (C=O) groups is 2. The summed E-state index contributed by atoms with van der Waals surface area (Å²) in [6.07, 6.45) is 4.08. The van der Waals surface area contributed by atoms with E-state index in [0.717, 1.165) is 32.1 Å². The third-order valence-corrected chi connectivity index (χ3v) is 5.48. The molecule has 6 heteroatoms. The van der Waals surface area contributed by atoms with Crippen molar-refractivity contribution in [1.29, 1.82) is 0 Å². The third kappa shape index (κ3) is 3.18. The van der Waals surface area contributed by atoms with E-state index in [1.54, 1.807) is 20.8 Å². The Morgan fingerprint density at radius 2 is 1.74 bits per heavy atom. The van der Waals surface area contributed by atoms with Gasteiger partial charge in [0.2, 0.25) is 0 Å². The molecule has 4 saturated carbocycles. The van der Waals surface area contributed by atoms with Crippen LogP contribution >= 0.6 is 0 Å². The predicted octanol–water partition coefficient (Wildman–Crippen LogP) is 2.39. The molecule has 0 saturated heterocycles. The summed E-state index contributed by atoms with van der Waals surface area (Å²) in [5.74, 6) is -0.293. The van der Waals surface area contributed by atoms with Gasteiger partial charge in [0, 0.05) is 0 Å². The highest BCUT2D eigenvalue weighted by molar-refractivity contribution is 5.77. The first-order valence-corrected chi connectivity index (χ1v) is 8.45. The van der Waals surface area contributed by atoms with Gasteiger partial charge in [-0.15, -0.1) is 0 Å². The summed E-state index contributed by atoms with van der Waals surface area (Å²) in [5, 5.41) is 20.1. The lowest BCUT2D eigenvalue weighted by atomic mass is 9.50. The van der Waals surface area contributed by atoms with Gasteiger partial charge in [-0.05, 0) is 71.1 Å². The fourth-order valence-corrected chi connectivity index (χ4v) is 5.36. The first-order valence-electron chi connectivity index (χ1n) is 8.45.